The van der Waals surface area contributed by atoms with Gasteiger partial charge in [-0.25, -0.2) is 9.48 Å². The molecule has 0 spiro atoms. The van der Waals surface area contributed by atoms with E-state index in [9.17, 15) is 9.59 Å². The summed E-state index contributed by atoms with van der Waals surface area (Å²) in [4.78, 5) is 24.5. The summed E-state index contributed by atoms with van der Waals surface area (Å²) in [5.41, 5.74) is 2.37. The molecule has 1 aromatic carbocycles. The summed E-state index contributed by atoms with van der Waals surface area (Å²) in [5.74, 6) is -0.198. The van der Waals surface area contributed by atoms with Crippen LogP contribution >= 0.6 is 0 Å². The maximum atomic E-state index is 12.3. The van der Waals surface area contributed by atoms with Crippen molar-refractivity contribution in [3.63, 3.8) is 0 Å². The zero-order valence-electron chi connectivity index (χ0n) is 14.7. The van der Waals surface area contributed by atoms with Gasteiger partial charge in [-0.05, 0) is 29.8 Å². The first-order chi connectivity index (χ1) is 13.1. The number of carbonyl (C=O) groups excluding carboxylic acids is 2. The molecule has 0 saturated carbocycles. The minimum absolute atomic E-state index is 0.151. The Labute approximate surface area is 154 Å². The van der Waals surface area contributed by atoms with Gasteiger partial charge in [0.25, 0.3) is 0 Å². The Morgan fingerprint density at radius 3 is 2.89 bits per heavy atom. The minimum Gasteiger partial charge on any atom is -0.497 e. The summed E-state index contributed by atoms with van der Waals surface area (Å²) in [6, 6.07) is 7.34. The van der Waals surface area contributed by atoms with Crippen molar-refractivity contribution in [2.75, 3.05) is 19.5 Å². The number of amides is 1. The smallest absolute Gasteiger partial charge is 0.356 e. The molecule has 9 nitrogen and oxygen atoms in total. The third kappa shape index (κ3) is 2.82. The molecule has 9 heteroatoms. The number of aromatic nitrogens is 4. The van der Waals surface area contributed by atoms with Gasteiger partial charge < -0.3 is 14.8 Å². The molecule has 0 radical (unpaired) electrons. The van der Waals surface area contributed by atoms with E-state index in [0.717, 1.165) is 11.3 Å². The van der Waals surface area contributed by atoms with Crippen molar-refractivity contribution in [2.45, 2.75) is 12.3 Å². The average molecular weight is 367 g/mol. The normalized spacial score (nSPS) is 15.8. The maximum Gasteiger partial charge on any atom is 0.356 e. The van der Waals surface area contributed by atoms with E-state index in [1.54, 1.807) is 18.0 Å². The van der Waals surface area contributed by atoms with Crippen molar-refractivity contribution in [2.24, 2.45) is 0 Å². The SMILES string of the molecule is COC(=O)c1[nH]nc2c1C(c1cc(OC)ccc1-n1cccn1)CC(=O)N2. The van der Waals surface area contributed by atoms with E-state index in [1.807, 2.05) is 30.5 Å². The third-order valence-electron chi connectivity index (χ3n) is 4.55. The molecule has 1 atom stereocenters. The molecule has 1 aliphatic rings. The molecular formula is C18H17N5O4. The number of anilines is 1. The van der Waals surface area contributed by atoms with Gasteiger partial charge in [0, 0.05) is 30.3 Å². The molecule has 1 amide bonds. The van der Waals surface area contributed by atoms with Gasteiger partial charge in [-0.2, -0.15) is 10.2 Å². The molecule has 0 saturated heterocycles. The van der Waals surface area contributed by atoms with E-state index in [1.165, 1.54) is 7.11 Å². The van der Waals surface area contributed by atoms with E-state index in [0.29, 0.717) is 17.1 Å². The second-order valence-corrected chi connectivity index (χ2v) is 6.03. The molecule has 138 valence electrons. The first-order valence-corrected chi connectivity index (χ1v) is 8.26. The molecule has 0 bridgehead atoms. The molecule has 27 heavy (non-hydrogen) atoms. The molecule has 2 N–H and O–H groups in total. The highest BCUT2D eigenvalue weighted by Crippen LogP contribution is 2.41. The van der Waals surface area contributed by atoms with Crippen LogP contribution in [0.5, 0.6) is 5.75 Å². The average Bonchev–Trinajstić information content (AvgIpc) is 3.36. The van der Waals surface area contributed by atoms with Crippen molar-refractivity contribution in [1.82, 2.24) is 20.0 Å². The topological polar surface area (TPSA) is 111 Å². The van der Waals surface area contributed by atoms with Crippen LogP contribution in [0.1, 0.15) is 34.0 Å². The van der Waals surface area contributed by atoms with E-state index in [4.69, 9.17) is 9.47 Å². The number of nitrogens with one attached hydrogen (secondary N) is 2. The number of hydrogen-bond acceptors (Lipinski definition) is 6. The summed E-state index contributed by atoms with van der Waals surface area (Å²) < 4.78 is 11.9. The predicted molar refractivity (Wildman–Crippen MR) is 95.1 cm³/mol. The minimum atomic E-state index is -0.548. The predicted octanol–water partition coefficient (Wildman–Crippen LogP) is 1.86. The van der Waals surface area contributed by atoms with Gasteiger partial charge in [0.15, 0.2) is 5.82 Å². The molecular weight excluding hydrogens is 350 g/mol. The summed E-state index contributed by atoms with van der Waals surface area (Å²) in [6.45, 7) is 0. The number of ether oxygens (including phenoxy) is 2. The summed E-state index contributed by atoms with van der Waals surface area (Å²) >= 11 is 0. The number of aromatic amines is 1. The Kier molecular flexibility index (Phi) is 4.11. The number of H-pyrrole nitrogens is 1. The zero-order valence-corrected chi connectivity index (χ0v) is 14.7. The molecule has 4 rings (SSSR count). The Balaban J connectivity index is 1.93. The molecule has 0 fully saturated rings. The summed E-state index contributed by atoms with van der Waals surface area (Å²) in [6.07, 6.45) is 3.63. The Morgan fingerprint density at radius 2 is 2.19 bits per heavy atom. The number of fused-ring (bicyclic) bond motifs is 1. The van der Waals surface area contributed by atoms with Crippen molar-refractivity contribution >= 4 is 17.7 Å². The number of benzene rings is 1. The highest BCUT2D eigenvalue weighted by atomic mass is 16.5. The van der Waals surface area contributed by atoms with Crippen LogP contribution in [0.2, 0.25) is 0 Å². The molecule has 3 aromatic rings. The molecule has 3 heterocycles. The Hall–Kier alpha value is -3.62. The van der Waals surface area contributed by atoms with E-state index >= 15 is 0 Å². The number of rotatable bonds is 4. The standard InChI is InChI=1S/C18H17N5O4/c1-26-10-4-5-13(23-7-3-6-19-23)11(8-10)12-9-14(24)20-17-15(12)16(21-22-17)18(25)27-2/h3-8,12H,9H2,1-2H3,(H2,20,21,22,24). The number of esters is 1. The molecule has 2 aromatic heterocycles. The molecule has 0 aliphatic carbocycles. The molecule has 1 aliphatic heterocycles. The van der Waals surface area contributed by atoms with E-state index in [2.05, 4.69) is 20.6 Å². The van der Waals surface area contributed by atoms with Crippen molar-refractivity contribution in [1.29, 1.82) is 0 Å². The Morgan fingerprint density at radius 1 is 1.33 bits per heavy atom. The lowest BCUT2D eigenvalue weighted by molar-refractivity contribution is -0.116. The second kappa shape index (κ2) is 6.60. The molecule has 1 unspecified atom stereocenters. The van der Waals surface area contributed by atoms with Gasteiger partial charge in [-0.3, -0.25) is 9.89 Å². The quantitative estimate of drug-likeness (QED) is 0.681. The maximum absolute atomic E-state index is 12.3. The number of nitrogens with zero attached hydrogens (tertiary/aromatic N) is 3. The van der Waals surface area contributed by atoms with Gasteiger partial charge in [-0.1, -0.05) is 0 Å². The van der Waals surface area contributed by atoms with Crippen molar-refractivity contribution < 1.29 is 19.1 Å². The fourth-order valence-electron chi connectivity index (χ4n) is 3.34. The largest absolute Gasteiger partial charge is 0.497 e. The van der Waals surface area contributed by atoms with E-state index in [-0.39, 0.29) is 18.0 Å². The monoisotopic (exact) mass is 367 g/mol. The first-order valence-electron chi connectivity index (χ1n) is 8.26. The number of carbonyl (C=O) groups is 2. The fourth-order valence-corrected chi connectivity index (χ4v) is 3.34. The van der Waals surface area contributed by atoms with Crippen molar-refractivity contribution in [3.05, 3.63) is 53.5 Å². The van der Waals surface area contributed by atoms with E-state index < -0.39 is 11.9 Å². The van der Waals surface area contributed by atoms with Crippen molar-refractivity contribution in [3.8, 4) is 11.4 Å². The van der Waals surface area contributed by atoms with Crippen LogP contribution in [0.25, 0.3) is 5.69 Å². The van der Waals surface area contributed by atoms with Crippen LogP contribution in [0.4, 0.5) is 5.82 Å². The van der Waals surface area contributed by atoms with Gasteiger partial charge in [0.1, 0.15) is 11.4 Å². The van der Waals surface area contributed by atoms with Crippen LogP contribution in [0.15, 0.2) is 36.7 Å². The van der Waals surface area contributed by atoms with Crippen LogP contribution in [-0.2, 0) is 9.53 Å². The lowest BCUT2D eigenvalue weighted by Gasteiger charge is -2.25. The van der Waals surface area contributed by atoms with Gasteiger partial charge in [0.2, 0.25) is 5.91 Å². The number of hydrogen-bond donors (Lipinski definition) is 2. The summed E-state index contributed by atoms with van der Waals surface area (Å²) in [5, 5.41) is 13.7. The van der Waals surface area contributed by atoms with Gasteiger partial charge >= 0.3 is 5.97 Å². The highest BCUT2D eigenvalue weighted by molar-refractivity contribution is 5.99. The Bertz CT molecular complexity index is 1010. The lowest BCUT2D eigenvalue weighted by Crippen LogP contribution is -2.25. The van der Waals surface area contributed by atoms with Crippen LogP contribution < -0.4 is 10.1 Å². The number of methoxy groups -OCH3 is 2. The van der Waals surface area contributed by atoms with Crippen LogP contribution in [0, 0.1) is 0 Å². The third-order valence-corrected chi connectivity index (χ3v) is 4.55. The van der Waals surface area contributed by atoms with Gasteiger partial charge in [-0.15, -0.1) is 0 Å². The fraction of sp³-hybridized carbons (Fsp3) is 0.222. The van der Waals surface area contributed by atoms with Crippen LogP contribution in [-0.4, -0.2) is 46.1 Å². The summed E-state index contributed by atoms with van der Waals surface area (Å²) in [7, 11) is 2.87. The van der Waals surface area contributed by atoms with Crippen LogP contribution in [0.3, 0.4) is 0 Å². The highest BCUT2D eigenvalue weighted by Gasteiger charge is 2.35. The second-order valence-electron chi connectivity index (χ2n) is 6.03. The first kappa shape index (κ1) is 16.8. The van der Waals surface area contributed by atoms with Gasteiger partial charge in [0.05, 0.1) is 19.9 Å². The zero-order chi connectivity index (χ0) is 19.0. The lowest BCUT2D eigenvalue weighted by atomic mass is 9.84.